The van der Waals surface area contributed by atoms with E-state index in [-0.39, 0.29) is 17.4 Å². The average molecular weight is 381 g/mol. The summed E-state index contributed by atoms with van der Waals surface area (Å²) in [7, 11) is 0. The average Bonchev–Trinajstić information content (AvgIpc) is 2.74. The number of nitrogens with zero attached hydrogens (tertiary/aromatic N) is 3. The molecule has 142 valence electrons. The van der Waals surface area contributed by atoms with E-state index < -0.39 is 5.69 Å². The lowest BCUT2D eigenvalue weighted by molar-refractivity contribution is 0.568. The van der Waals surface area contributed by atoms with Crippen LogP contribution in [-0.2, 0) is 0 Å². The van der Waals surface area contributed by atoms with Crippen LogP contribution in [0.1, 0.15) is 31.0 Å². The standard InChI is InChI=1S/C24H19N3O2/c1-17(2)26-21-11-7-6-10-20(21)23(28)27(24(26)29)22-15-14-19(16-25-22)13-12-18-8-4-3-5-9-18/h3-11,14-17H,1-2H3. The van der Waals surface area contributed by atoms with Gasteiger partial charge in [0.05, 0.1) is 10.9 Å². The molecule has 0 N–H and O–H groups in total. The molecule has 0 aliphatic carbocycles. The van der Waals surface area contributed by atoms with E-state index in [0.717, 1.165) is 10.1 Å². The maximum absolute atomic E-state index is 13.1. The third-order valence-corrected chi connectivity index (χ3v) is 4.61. The highest BCUT2D eigenvalue weighted by Crippen LogP contribution is 2.13. The van der Waals surface area contributed by atoms with Crippen molar-refractivity contribution in [1.29, 1.82) is 0 Å². The lowest BCUT2D eigenvalue weighted by Crippen LogP contribution is -2.40. The van der Waals surface area contributed by atoms with E-state index >= 15 is 0 Å². The Hall–Kier alpha value is -3.91. The molecule has 0 saturated carbocycles. The molecule has 0 radical (unpaired) electrons. The summed E-state index contributed by atoms with van der Waals surface area (Å²) in [6, 6.07) is 20.1. The number of hydrogen-bond acceptors (Lipinski definition) is 3. The molecule has 29 heavy (non-hydrogen) atoms. The molecule has 0 amide bonds. The van der Waals surface area contributed by atoms with Gasteiger partial charge in [0.15, 0.2) is 0 Å². The Morgan fingerprint density at radius 2 is 1.52 bits per heavy atom. The van der Waals surface area contributed by atoms with Gasteiger partial charge in [-0.3, -0.25) is 9.36 Å². The van der Waals surface area contributed by atoms with Gasteiger partial charge in [-0.2, -0.15) is 0 Å². The smallest absolute Gasteiger partial charge is 0.290 e. The van der Waals surface area contributed by atoms with Crippen LogP contribution >= 0.6 is 0 Å². The summed E-state index contributed by atoms with van der Waals surface area (Å²) >= 11 is 0. The van der Waals surface area contributed by atoms with Crippen molar-refractivity contribution in [2.24, 2.45) is 0 Å². The highest BCUT2D eigenvalue weighted by molar-refractivity contribution is 5.78. The molecule has 2 aromatic carbocycles. The first-order valence-electron chi connectivity index (χ1n) is 9.36. The van der Waals surface area contributed by atoms with Crippen molar-refractivity contribution >= 4 is 10.9 Å². The van der Waals surface area contributed by atoms with E-state index in [0.29, 0.717) is 16.5 Å². The normalized spacial score (nSPS) is 10.7. The maximum atomic E-state index is 13.1. The summed E-state index contributed by atoms with van der Waals surface area (Å²) in [5.74, 6) is 6.39. The van der Waals surface area contributed by atoms with E-state index in [1.54, 1.807) is 41.1 Å². The molecule has 0 bridgehead atoms. The van der Waals surface area contributed by atoms with Gasteiger partial charge in [-0.1, -0.05) is 42.2 Å². The molecule has 0 atom stereocenters. The Kier molecular flexibility index (Phi) is 4.84. The minimum absolute atomic E-state index is 0.102. The molecular formula is C24H19N3O2. The fourth-order valence-electron chi connectivity index (χ4n) is 3.24. The SMILES string of the molecule is CC(C)n1c(=O)n(-c2ccc(C#Cc3ccccc3)cn2)c(=O)c2ccccc21. The summed E-state index contributed by atoms with van der Waals surface area (Å²) in [5, 5.41) is 0.482. The van der Waals surface area contributed by atoms with Gasteiger partial charge in [0.25, 0.3) is 5.56 Å². The van der Waals surface area contributed by atoms with E-state index in [9.17, 15) is 9.59 Å². The molecular weight excluding hydrogens is 362 g/mol. The van der Waals surface area contributed by atoms with Crippen LogP contribution in [0.25, 0.3) is 16.7 Å². The van der Waals surface area contributed by atoms with E-state index in [2.05, 4.69) is 16.8 Å². The van der Waals surface area contributed by atoms with Gasteiger partial charge in [-0.05, 0) is 50.2 Å². The number of rotatable bonds is 2. The monoisotopic (exact) mass is 381 g/mol. The largest absolute Gasteiger partial charge is 0.337 e. The van der Waals surface area contributed by atoms with Crippen LogP contribution in [0.5, 0.6) is 0 Å². The van der Waals surface area contributed by atoms with Crippen LogP contribution in [0.15, 0.2) is 82.5 Å². The summed E-state index contributed by atoms with van der Waals surface area (Å²) in [5.41, 5.74) is 1.45. The molecule has 5 heteroatoms. The maximum Gasteiger partial charge on any atom is 0.337 e. The lowest BCUT2D eigenvalue weighted by atomic mass is 10.2. The fourth-order valence-corrected chi connectivity index (χ4v) is 3.24. The zero-order valence-electron chi connectivity index (χ0n) is 16.2. The zero-order chi connectivity index (χ0) is 20.4. The number of aromatic nitrogens is 3. The van der Waals surface area contributed by atoms with Crippen LogP contribution in [0, 0.1) is 11.8 Å². The van der Waals surface area contributed by atoms with Gasteiger partial charge in [0, 0.05) is 23.4 Å². The first-order chi connectivity index (χ1) is 14.1. The van der Waals surface area contributed by atoms with Crippen molar-refractivity contribution in [2.75, 3.05) is 0 Å². The fraction of sp³-hybridized carbons (Fsp3) is 0.125. The Bertz CT molecular complexity index is 1350. The number of pyridine rings is 1. The van der Waals surface area contributed by atoms with Crippen molar-refractivity contribution in [1.82, 2.24) is 14.1 Å². The van der Waals surface area contributed by atoms with Crippen molar-refractivity contribution in [2.45, 2.75) is 19.9 Å². The van der Waals surface area contributed by atoms with Crippen LogP contribution < -0.4 is 11.2 Å². The molecule has 0 aliphatic rings. The van der Waals surface area contributed by atoms with Crippen molar-refractivity contribution in [3.63, 3.8) is 0 Å². The van der Waals surface area contributed by atoms with E-state index in [1.165, 1.54) is 0 Å². The van der Waals surface area contributed by atoms with Gasteiger partial charge in [0.1, 0.15) is 5.82 Å². The zero-order valence-corrected chi connectivity index (χ0v) is 16.2. The Morgan fingerprint density at radius 1 is 0.828 bits per heavy atom. The van der Waals surface area contributed by atoms with Gasteiger partial charge in [0.2, 0.25) is 0 Å². The highest BCUT2D eigenvalue weighted by Gasteiger charge is 2.16. The lowest BCUT2D eigenvalue weighted by Gasteiger charge is -2.16. The van der Waals surface area contributed by atoms with Crippen molar-refractivity contribution in [3.8, 4) is 17.7 Å². The summed E-state index contributed by atoms with van der Waals surface area (Å²) in [6.45, 7) is 3.83. The molecule has 2 heterocycles. The molecule has 4 aromatic rings. The van der Waals surface area contributed by atoms with Crippen LogP contribution in [0.4, 0.5) is 0 Å². The van der Waals surface area contributed by atoms with E-state index in [4.69, 9.17) is 0 Å². The number of benzene rings is 2. The molecule has 4 rings (SSSR count). The predicted octanol–water partition coefficient (Wildman–Crippen LogP) is 3.53. The van der Waals surface area contributed by atoms with Crippen LogP contribution in [0.3, 0.4) is 0 Å². The second-order valence-corrected chi connectivity index (χ2v) is 6.93. The van der Waals surface area contributed by atoms with Gasteiger partial charge in [-0.15, -0.1) is 0 Å². The second kappa shape index (κ2) is 7.61. The molecule has 0 spiro atoms. The molecule has 5 nitrogen and oxygen atoms in total. The molecule has 0 aliphatic heterocycles. The topological polar surface area (TPSA) is 56.9 Å². The Balaban J connectivity index is 1.83. The first kappa shape index (κ1) is 18.5. The quantitative estimate of drug-likeness (QED) is 0.499. The van der Waals surface area contributed by atoms with E-state index in [1.807, 2.05) is 50.2 Å². The predicted molar refractivity (Wildman–Crippen MR) is 114 cm³/mol. The Morgan fingerprint density at radius 3 is 2.21 bits per heavy atom. The van der Waals surface area contributed by atoms with Crippen molar-refractivity contribution in [3.05, 3.63) is 105 Å². The summed E-state index contributed by atoms with van der Waals surface area (Å²) in [4.78, 5) is 30.4. The minimum Gasteiger partial charge on any atom is -0.290 e. The summed E-state index contributed by atoms with van der Waals surface area (Å²) < 4.78 is 2.73. The third kappa shape index (κ3) is 3.48. The number of hydrogen-bond donors (Lipinski definition) is 0. The summed E-state index contributed by atoms with van der Waals surface area (Å²) in [6.07, 6.45) is 1.58. The molecule has 0 saturated heterocycles. The van der Waals surface area contributed by atoms with Gasteiger partial charge >= 0.3 is 5.69 Å². The first-order valence-corrected chi connectivity index (χ1v) is 9.36. The van der Waals surface area contributed by atoms with Crippen LogP contribution in [0.2, 0.25) is 0 Å². The molecule has 2 aromatic heterocycles. The van der Waals surface area contributed by atoms with Crippen molar-refractivity contribution < 1.29 is 0 Å². The van der Waals surface area contributed by atoms with Gasteiger partial charge < -0.3 is 0 Å². The number of para-hydroxylation sites is 1. The minimum atomic E-state index is -0.403. The third-order valence-electron chi connectivity index (χ3n) is 4.61. The highest BCUT2D eigenvalue weighted by atomic mass is 16.2. The van der Waals surface area contributed by atoms with Crippen LogP contribution in [-0.4, -0.2) is 14.1 Å². The molecule has 0 unspecified atom stereocenters. The van der Waals surface area contributed by atoms with Gasteiger partial charge in [-0.25, -0.2) is 14.3 Å². The number of fused-ring (bicyclic) bond motifs is 1. The molecule has 0 fully saturated rings. The Labute approximate surface area is 167 Å². The second-order valence-electron chi connectivity index (χ2n) is 6.93.